The molecule has 0 spiro atoms. The highest BCUT2D eigenvalue weighted by Crippen LogP contribution is 2.29. The van der Waals surface area contributed by atoms with E-state index in [2.05, 4.69) is 20.6 Å². The number of amides is 2. The van der Waals surface area contributed by atoms with Crippen LogP contribution >= 0.6 is 0 Å². The first kappa shape index (κ1) is 31.5. The third kappa shape index (κ3) is 9.02. The van der Waals surface area contributed by atoms with Gasteiger partial charge in [0.2, 0.25) is 17.8 Å². The van der Waals surface area contributed by atoms with Gasteiger partial charge in [0.15, 0.2) is 0 Å². The molecule has 2 amide bonds. The van der Waals surface area contributed by atoms with Gasteiger partial charge in [-0.05, 0) is 60.9 Å². The normalized spacial score (nSPS) is 14.4. The van der Waals surface area contributed by atoms with E-state index in [1.807, 2.05) is 60.7 Å². The average Bonchev–Trinajstić information content (AvgIpc) is 3.06. The number of nitrogens with zero attached hydrogens (tertiary/aromatic N) is 3. The highest BCUT2D eigenvalue weighted by Gasteiger charge is 2.34. The molecule has 1 aromatic heterocycles. The first-order valence-corrected chi connectivity index (χ1v) is 14.5. The minimum absolute atomic E-state index is 0.0320. The molecule has 3 aromatic carbocycles. The van der Waals surface area contributed by atoms with Crippen molar-refractivity contribution in [2.75, 3.05) is 29.9 Å². The van der Waals surface area contributed by atoms with E-state index >= 15 is 0 Å². The molecule has 0 bridgehead atoms. The number of piperidine rings is 1. The Morgan fingerprint density at radius 3 is 2.20 bits per heavy atom. The maximum Gasteiger partial charge on any atom is 0.433 e. The summed E-state index contributed by atoms with van der Waals surface area (Å²) in [6, 6.07) is 25.4. The van der Waals surface area contributed by atoms with Gasteiger partial charge in [-0.25, -0.2) is 9.97 Å². The van der Waals surface area contributed by atoms with Crippen molar-refractivity contribution in [1.82, 2.24) is 15.3 Å². The summed E-state index contributed by atoms with van der Waals surface area (Å²) in [7, 11) is 0. The Morgan fingerprint density at radius 1 is 0.889 bits per heavy atom. The van der Waals surface area contributed by atoms with Gasteiger partial charge >= 0.3 is 6.18 Å². The van der Waals surface area contributed by atoms with E-state index in [9.17, 15) is 22.8 Å². The van der Waals surface area contributed by atoms with Crippen molar-refractivity contribution in [2.45, 2.75) is 31.7 Å². The number of aromatic nitrogens is 2. The fourth-order valence-corrected chi connectivity index (χ4v) is 4.80. The third-order valence-electron chi connectivity index (χ3n) is 7.21. The predicted molar refractivity (Wildman–Crippen MR) is 162 cm³/mol. The SMILES string of the molecule is O=C(NC(COCc1ccccc1)C(=O)Nc1ccc(Oc2ccccc2)cc1)C1CCN(c2nccc(C(F)(F)F)n2)CC1. The number of anilines is 2. The minimum Gasteiger partial charge on any atom is -0.457 e. The molecule has 234 valence electrons. The summed E-state index contributed by atoms with van der Waals surface area (Å²) in [4.78, 5) is 35.9. The summed E-state index contributed by atoms with van der Waals surface area (Å²) in [5.41, 5.74) is 0.411. The standard InChI is InChI=1S/C33H32F3N5O4/c34-33(35,36)29-15-18-37-32(40-29)41-19-16-24(17-20-41)30(42)39-28(22-44-21-23-7-3-1-4-8-23)31(43)38-25-11-13-27(14-12-25)45-26-9-5-2-6-10-26/h1-15,18,24,28H,16-17,19-22H2,(H,38,43)(H,39,42). The molecule has 0 radical (unpaired) electrons. The molecule has 1 fully saturated rings. The lowest BCUT2D eigenvalue weighted by Crippen LogP contribution is -2.50. The summed E-state index contributed by atoms with van der Waals surface area (Å²) in [5, 5.41) is 5.65. The lowest BCUT2D eigenvalue weighted by Gasteiger charge is -2.32. The second-order valence-electron chi connectivity index (χ2n) is 10.5. The van der Waals surface area contributed by atoms with Gasteiger partial charge in [0, 0.05) is 30.9 Å². The lowest BCUT2D eigenvalue weighted by atomic mass is 9.95. The van der Waals surface area contributed by atoms with Crippen LogP contribution in [0.5, 0.6) is 11.5 Å². The summed E-state index contributed by atoms with van der Waals surface area (Å²) < 4.78 is 50.9. The van der Waals surface area contributed by atoms with Crippen LogP contribution in [0.3, 0.4) is 0 Å². The Morgan fingerprint density at radius 2 is 1.53 bits per heavy atom. The van der Waals surface area contributed by atoms with Crippen LogP contribution in [0.15, 0.2) is 97.2 Å². The molecule has 4 aromatic rings. The predicted octanol–water partition coefficient (Wildman–Crippen LogP) is 5.84. The number of carbonyl (C=O) groups excluding carboxylic acids is 2. The van der Waals surface area contributed by atoms with Crippen molar-refractivity contribution in [3.05, 3.63) is 108 Å². The number of hydrogen-bond acceptors (Lipinski definition) is 7. The summed E-state index contributed by atoms with van der Waals surface area (Å²) >= 11 is 0. The largest absolute Gasteiger partial charge is 0.457 e. The van der Waals surface area contributed by atoms with Gasteiger partial charge in [-0.15, -0.1) is 0 Å². The molecule has 1 atom stereocenters. The second-order valence-corrected chi connectivity index (χ2v) is 10.5. The second kappa shape index (κ2) is 14.7. The van der Waals surface area contributed by atoms with E-state index < -0.39 is 29.7 Å². The summed E-state index contributed by atoms with van der Waals surface area (Å²) in [6.45, 7) is 0.760. The highest BCUT2D eigenvalue weighted by atomic mass is 19.4. The zero-order chi connectivity index (χ0) is 31.6. The fraction of sp³-hybridized carbons (Fsp3) is 0.273. The van der Waals surface area contributed by atoms with Crippen molar-refractivity contribution in [1.29, 1.82) is 0 Å². The molecule has 1 unspecified atom stereocenters. The highest BCUT2D eigenvalue weighted by molar-refractivity contribution is 5.97. The maximum atomic E-state index is 13.3. The number of rotatable bonds is 11. The number of carbonyl (C=O) groups is 2. The van der Waals surface area contributed by atoms with Gasteiger partial charge in [0.1, 0.15) is 23.2 Å². The van der Waals surface area contributed by atoms with Crippen LogP contribution < -0.4 is 20.3 Å². The maximum absolute atomic E-state index is 13.3. The van der Waals surface area contributed by atoms with Crippen molar-refractivity contribution in [2.24, 2.45) is 5.92 Å². The molecular weight excluding hydrogens is 587 g/mol. The monoisotopic (exact) mass is 619 g/mol. The Labute approximate surface area is 258 Å². The smallest absolute Gasteiger partial charge is 0.433 e. The molecule has 2 N–H and O–H groups in total. The molecule has 5 rings (SSSR count). The molecule has 1 aliphatic heterocycles. The van der Waals surface area contributed by atoms with Gasteiger partial charge in [0.05, 0.1) is 13.2 Å². The number of nitrogens with one attached hydrogen (secondary N) is 2. The number of ether oxygens (including phenoxy) is 2. The molecule has 1 aliphatic rings. The summed E-state index contributed by atoms with van der Waals surface area (Å²) in [6.07, 6.45) is -2.79. The molecule has 45 heavy (non-hydrogen) atoms. The van der Waals surface area contributed by atoms with Gasteiger partial charge in [-0.2, -0.15) is 13.2 Å². The van der Waals surface area contributed by atoms with Crippen LogP contribution in [0.1, 0.15) is 24.1 Å². The topological polar surface area (TPSA) is 106 Å². The Hall–Kier alpha value is -4.97. The first-order chi connectivity index (χ1) is 21.7. The Kier molecular flexibility index (Phi) is 10.3. The number of para-hydroxylation sites is 1. The van der Waals surface area contributed by atoms with Gasteiger partial charge in [-0.3, -0.25) is 9.59 Å². The van der Waals surface area contributed by atoms with Crippen LogP contribution in [0, 0.1) is 5.92 Å². The zero-order valence-electron chi connectivity index (χ0n) is 24.2. The van der Waals surface area contributed by atoms with Gasteiger partial charge in [-0.1, -0.05) is 48.5 Å². The minimum atomic E-state index is -4.58. The van der Waals surface area contributed by atoms with E-state index in [-0.39, 0.29) is 38.2 Å². The lowest BCUT2D eigenvalue weighted by molar-refractivity contribution is -0.141. The van der Waals surface area contributed by atoms with E-state index in [0.717, 1.165) is 17.8 Å². The molecule has 12 heteroatoms. The van der Waals surface area contributed by atoms with E-state index in [0.29, 0.717) is 30.0 Å². The van der Waals surface area contributed by atoms with Crippen LogP contribution in [-0.2, 0) is 27.1 Å². The van der Waals surface area contributed by atoms with Crippen molar-refractivity contribution < 1.29 is 32.2 Å². The number of halogens is 3. The average molecular weight is 620 g/mol. The molecule has 2 heterocycles. The quantitative estimate of drug-likeness (QED) is 0.217. The van der Waals surface area contributed by atoms with Crippen LogP contribution in [-0.4, -0.2) is 47.5 Å². The molecule has 1 saturated heterocycles. The van der Waals surface area contributed by atoms with Crippen molar-refractivity contribution >= 4 is 23.5 Å². The van der Waals surface area contributed by atoms with Crippen molar-refractivity contribution in [3.8, 4) is 11.5 Å². The number of alkyl halides is 3. The van der Waals surface area contributed by atoms with Gasteiger partial charge < -0.3 is 25.0 Å². The molecule has 0 aliphatic carbocycles. The van der Waals surface area contributed by atoms with Crippen LogP contribution in [0.2, 0.25) is 0 Å². The molecule has 9 nitrogen and oxygen atoms in total. The van der Waals surface area contributed by atoms with E-state index in [1.54, 1.807) is 29.2 Å². The number of benzene rings is 3. The van der Waals surface area contributed by atoms with Crippen LogP contribution in [0.4, 0.5) is 24.8 Å². The Balaban J connectivity index is 1.19. The van der Waals surface area contributed by atoms with Crippen LogP contribution in [0.25, 0.3) is 0 Å². The van der Waals surface area contributed by atoms with E-state index in [4.69, 9.17) is 9.47 Å². The zero-order valence-corrected chi connectivity index (χ0v) is 24.2. The van der Waals surface area contributed by atoms with Gasteiger partial charge in [0.25, 0.3) is 0 Å². The van der Waals surface area contributed by atoms with Crippen molar-refractivity contribution in [3.63, 3.8) is 0 Å². The van der Waals surface area contributed by atoms with E-state index in [1.165, 1.54) is 0 Å². The molecule has 0 saturated carbocycles. The molecular formula is C33H32F3N5O4. The number of hydrogen-bond donors (Lipinski definition) is 2. The Bertz CT molecular complexity index is 1550. The third-order valence-corrected chi connectivity index (χ3v) is 7.21. The fourth-order valence-electron chi connectivity index (χ4n) is 4.80. The first-order valence-electron chi connectivity index (χ1n) is 14.5. The summed E-state index contributed by atoms with van der Waals surface area (Å²) in [5.74, 6) is -0.00289.